The third-order valence-corrected chi connectivity index (χ3v) is 13.5. The lowest BCUT2D eigenvalue weighted by atomic mass is 9.70. The van der Waals surface area contributed by atoms with Gasteiger partial charge in [-0.1, -0.05) is 46.1 Å². The Balaban J connectivity index is 1.02. The van der Waals surface area contributed by atoms with Crippen LogP contribution in [0, 0.1) is 35.5 Å². The van der Waals surface area contributed by atoms with Crippen LogP contribution < -0.4 is 0 Å². The molecule has 0 spiro atoms. The van der Waals surface area contributed by atoms with Crippen molar-refractivity contribution in [2.75, 3.05) is 6.61 Å². The summed E-state index contributed by atoms with van der Waals surface area (Å²) in [7, 11) is 0. The van der Waals surface area contributed by atoms with Crippen LogP contribution in [-0.2, 0) is 14.3 Å². The van der Waals surface area contributed by atoms with Gasteiger partial charge in [0.2, 0.25) is 0 Å². The van der Waals surface area contributed by atoms with Crippen LogP contribution in [0.25, 0.3) is 0 Å². The van der Waals surface area contributed by atoms with Crippen LogP contribution >= 0.6 is 0 Å². The number of ether oxygens (including phenoxy) is 2. The number of carbonyl (C=O) groups excluding carboxylic acids is 1. The highest BCUT2D eigenvalue weighted by Gasteiger charge is 2.39. The van der Waals surface area contributed by atoms with Gasteiger partial charge in [0.05, 0.1) is 12.7 Å². The van der Waals surface area contributed by atoms with Crippen molar-refractivity contribution >= 4 is 5.97 Å². The molecule has 0 aromatic heterocycles. The Kier molecular flexibility index (Phi) is 13.8. The molecular weight excluding hydrogens is 554 g/mol. The molecule has 1 atom stereocenters. The molecule has 0 radical (unpaired) electrons. The fourth-order valence-corrected chi connectivity index (χ4v) is 10.4. The van der Waals surface area contributed by atoms with Crippen molar-refractivity contribution < 1.29 is 14.3 Å². The molecule has 0 N–H and O–H groups in total. The third kappa shape index (κ3) is 10.6. The summed E-state index contributed by atoms with van der Waals surface area (Å²) in [5.74, 6) is 5.53. The zero-order chi connectivity index (χ0) is 31.8. The summed E-state index contributed by atoms with van der Waals surface area (Å²) < 4.78 is 11.5. The second-order valence-corrected chi connectivity index (χ2v) is 17.2. The third-order valence-electron chi connectivity index (χ3n) is 13.5. The summed E-state index contributed by atoms with van der Waals surface area (Å²) in [4.78, 5) is 14.9. The van der Waals surface area contributed by atoms with Crippen molar-refractivity contribution in [3.63, 3.8) is 0 Å². The molecule has 5 fully saturated rings. The van der Waals surface area contributed by atoms with Gasteiger partial charge < -0.3 is 9.47 Å². The standard InChI is InChI=1S/C41H71NO3/c1-29(2)41(43)45-32(5)28-44-40-26-14-34(15-27-40)11-10-33-12-22-38(23-13-33)42(37-20-8-31(4)9-21-37)39-24-18-36(19-25-39)35-16-6-30(3)7-17-35/h30-40H,1,6-28H2,2-5H3. The molecule has 0 aliphatic heterocycles. The van der Waals surface area contributed by atoms with E-state index in [0.29, 0.717) is 18.3 Å². The van der Waals surface area contributed by atoms with Crippen molar-refractivity contribution in [3.05, 3.63) is 12.2 Å². The van der Waals surface area contributed by atoms with Crippen molar-refractivity contribution in [1.29, 1.82) is 0 Å². The first-order valence-corrected chi connectivity index (χ1v) is 20.0. The van der Waals surface area contributed by atoms with Gasteiger partial charge in [-0.15, -0.1) is 0 Å². The van der Waals surface area contributed by atoms with Gasteiger partial charge in [-0.3, -0.25) is 4.90 Å². The molecule has 4 heteroatoms. The summed E-state index contributed by atoms with van der Waals surface area (Å²) in [5.41, 5.74) is 0.453. The zero-order valence-corrected chi connectivity index (χ0v) is 30.0. The highest BCUT2D eigenvalue weighted by Crippen LogP contribution is 2.44. The van der Waals surface area contributed by atoms with Gasteiger partial charge in [0, 0.05) is 23.7 Å². The smallest absolute Gasteiger partial charge is 0.333 e. The molecule has 1 unspecified atom stereocenters. The molecule has 5 saturated carbocycles. The summed E-state index contributed by atoms with van der Waals surface area (Å²) in [6, 6.07) is 2.61. The Morgan fingerprint density at radius 1 is 0.644 bits per heavy atom. The lowest BCUT2D eigenvalue weighted by molar-refractivity contribution is -0.147. The van der Waals surface area contributed by atoms with Crippen LogP contribution in [0.4, 0.5) is 0 Å². The summed E-state index contributed by atoms with van der Waals surface area (Å²) in [6.45, 7) is 12.7. The molecule has 5 rings (SSSR count). The minimum absolute atomic E-state index is 0.208. The number of hydrogen-bond donors (Lipinski definition) is 0. The van der Waals surface area contributed by atoms with Gasteiger partial charge in [0.1, 0.15) is 6.10 Å². The number of rotatable bonds is 12. The van der Waals surface area contributed by atoms with Gasteiger partial charge in [0.15, 0.2) is 0 Å². The maximum absolute atomic E-state index is 11.7. The molecular formula is C41H71NO3. The maximum Gasteiger partial charge on any atom is 0.333 e. The highest BCUT2D eigenvalue weighted by molar-refractivity contribution is 5.87. The Morgan fingerprint density at radius 2 is 1.04 bits per heavy atom. The summed E-state index contributed by atoms with van der Waals surface area (Å²) in [6.07, 6.45) is 31.7. The Bertz CT molecular complexity index is 878. The fourth-order valence-electron chi connectivity index (χ4n) is 10.4. The lowest BCUT2D eigenvalue weighted by Crippen LogP contribution is -2.53. The minimum Gasteiger partial charge on any atom is -0.457 e. The molecule has 5 aliphatic carbocycles. The largest absolute Gasteiger partial charge is 0.457 e. The molecule has 0 bridgehead atoms. The van der Waals surface area contributed by atoms with Gasteiger partial charge in [-0.2, -0.15) is 0 Å². The monoisotopic (exact) mass is 626 g/mol. The number of nitrogens with zero attached hydrogens (tertiary/aromatic N) is 1. The normalized spacial score (nSPS) is 38.9. The number of carbonyl (C=O) groups is 1. The van der Waals surface area contributed by atoms with Crippen molar-refractivity contribution in [2.24, 2.45) is 35.5 Å². The van der Waals surface area contributed by atoms with Gasteiger partial charge >= 0.3 is 5.97 Å². The van der Waals surface area contributed by atoms with Crippen LogP contribution in [0.5, 0.6) is 0 Å². The van der Waals surface area contributed by atoms with Crippen molar-refractivity contribution in [3.8, 4) is 0 Å². The van der Waals surface area contributed by atoms with Crippen molar-refractivity contribution in [2.45, 2.75) is 199 Å². The SMILES string of the molecule is C=C(C)C(=O)OC(C)COC1CCC(CCC2CCC(N(C3CCC(C)CC3)C3CCC(C4CCC(C)CC4)CC3)CC2)CC1. The van der Waals surface area contributed by atoms with Gasteiger partial charge in [-0.25, -0.2) is 4.79 Å². The van der Waals surface area contributed by atoms with E-state index in [9.17, 15) is 4.79 Å². The van der Waals surface area contributed by atoms with E-state index in [1.807, 2.05) is 6.92 Å². The quantitative estimate of drug-likeness (QED) is 0.160. The first-order chi connectivity index (χ1) is 21.7. The lowest BCUT2D eigenvalue weighted by Gasteiger charge is -2.50. The molecule has 0 amide bonds. The van der Waals surface area contributed by atoms with E-state index in [2.05, 4.69) is 25.3 Å². The Hall–Kier alpha value is -0.870. The number of hydrogen-bond acceptors (Lipinski definition) is 4. The number of esters is 1. The first kappa shape index (κ1) is 35.4. The minimum atomic E-state index is -0.313. The second-order valence-electron chi connectivity index (χ2n) is 17.2. The second kappa shape index (κ2) is 17.5. The van der Waals surface area contributed by atoms with Crippen LogP contribution in [0.2, 0.25) is 0 Å². The summed E-state index contributed by atoms with van der Waals surface area (Å²) >= 11 is 0. The molecule has 0 aromatic rings. The zero-order valence-electron chi connectivity index (χ0n) is 30.0. The van der Waals surface area contributed by atoms with E-state index >= 15 is 0 Å². The Labute approximate surface area is 278 Å². The molecule has 45 heavy (non-hydrogen) atoms. The van der Waals surface area contributed by atoms with Crippen LogP contribution in [0.1, 0.15) is 169 Å². The molecule has 4 nitrogen and oxygen atoms in total. The molecule has 0 saturated heterocycles. The average molecular weight is 626 g/mol. The predicted molar refractivity (Wildman–Crippen MR) is 187 cm³/mol. The average Bonchev–Trinajstić information content (AvgIpc) is 3.05. The van der Waals surface area contributed by atoms with Crippen molar-refractivity contribution in [1.82, 2.24) is 4.90 Å². The molecule has 5 aliphatic rings. The van der Waals surface area contributed by atoms with Crippen LogP contribution in [-0.4, -0.2) is 47.8 Å². The summed E-state index contributed by atoms with van der Waals surface area (Å²) in [5, 5.41) is 0. The van der Waals surface area contributed by atoms with E-state index in [1.165, 1.54) is 128 Å². The highest BCUT2D eigenvalue weighted by atomic mass is 16.6. The molecule has 258 valence electrons. The van der Waals surface area contributed by atoms with Gasteiger partial charge in [-0.05, 0) is 165 Å². The van der Waals surface area contributed by atoms with E-state index < -0.39 is 0 Å². The van der Waals surface area contributed by atoms with Gasteiger partial charge in [0.25, 0.3) is 0 Å². The fraction of sp³-hybridized carbons (Fsp3) is 0.927. The van der Waals surface area contributed by atoms with E-state index in [4.69, 9.17) is 9.47 Å². The Morgan fingerprint density at radius 3 is 1.53 bits per heavy atom. The molecule has 0 aromatic carbocycles. The first-order valence-electron chi connectivity index (χ1n) is 20.0. The van der Waals surface area contributed by atoms with Crippen LogP contribution in [0.15, 0.2) is 12.2 Å². The van der Waals surface area contributed by atoms with E-state index in [0.717, 1.165) is 66.5 Å². The van der Waals surface area contributed by atoms with E-state index in [-0.39, 0.29) is 12.1 Å². The van der Waals surface area contributed by atoms with Crippen LogP contribution in [0.3, 0.4) is 0 Å². The molecule has 0 heterocycles. The van der Waals surface area contributed by atoms with E-state index in [1.54, 1.807) is 6.92 Å². The predicted octanol–water partition coefficient (Wildman–Crippen LogP) is 10.7. The maximum atomic E-state index is 11.7. The topological polar surface area (TPSA) is 38.8 Å².